The average Bonchev–Trinajstić information content (AvgIpc) is 2.83. The molecule has 1 heterocycles. The minimum absolute atomic E-state index is 0.00763. The van der Waals surface area contributed by atoms with Gasteiger partial charge in [-0.1, -0.05) is 29.8 Å². The number of benzene rings is 2. The number of sulfonamides is 1. The number of aliphatic carboxylic acids is 1. The molecule has 1 aliphatic heterocycles. The molecular weight excluding hydrogens is 530 g/mol. The number of nitrogens with one attached hydrogen (secondary N) is 1. The first-order valence-corrected chi connectivity index (χ1v) is 12.6. The maximum absolute atomic E-state index is 13.2. The van der Waals surface area contributed by atoms with Crippen molar-refractivity contribution in [2.75, 3.05) is 38.5 Å². The molecular formula is C22H24ClF4N3O5S. The fourth-order valence-corrected chi connectivity index (χ4v) is 4.78. The SMILES string of the molecule is O=C(O)C(F)(F)F.O=C(c1ccc(F)cc1)N(CCS(=O)(=O)N1CCNCC1)Cc1ccccc1Cl. The van der Waals surface area contributed by atoms with Gasteiger partial charge < -0.3 is 15.3 Å². The number of nitrogens with zero attached hydrogens (tertiary/aromatic N) is 2. The number of amides is 1. The molecule has 0 aliphatic carbocycles. The Labute approximate surface area is 210 Å². The second-order valence-electron chi connectivity index (χ2n) is 7.59. The largest absolute Gasteiger partial charge is 0.490 e. The van der Waals surface area contributed by atoms with Gasteiger partial charge in [0.25, 0.3) is 5.91 Å². The fourth-order valence-electron chi connectivity index (χ4n) is 3.14. The predicted octanol–water partition coefficient (Wildman–Crippen LogP) is 2.99. The molecule has 0 atom stereocenters. The Morgan fingerprint density at radius 1 is 1.06 bits per heavy atom. The maximum atomic E-state index is 13.2. The van der Waals surface area contributed by atoms with Gasteiger partial charge in [0.1, 0.15) is 5.82 Å². The van der Waals surface area contributed by atoms with E-state index in [0.29, 0.717) is 36.8 Å². The highest BCUT2D eigenvalue weighted by atomic mass is 35.5. The lowest BCUT2D eigenvalue weighted by Gasteiger charge is -2.29. The Hall–Kier alpha value is -2.74. The number of halogens is 5. The number of piperazine rings is 1. The van der Waals surface area contributed by atoms with Crippen LogP contribution in [-0.4, -0.2) is 79.3 Å². The molecule has 0 saturated carbocycles. The molecule has 2 aromatic rings. The summed E-state index contributed by atoms with van der Waals surface area (Å²) < 4.78 is 71.8. The topological polar surface area (TPSA) is 107 Å². The fraction of sp³-hybridized carbons (Fsp3) is 0.364. The van der Waals surface area contributed by atoms with Gasteiger partial charge in [-0.3, -0.25) is 4.79 Å². The number of carboxylic acids is 1. The molecule has 8 nitrogen and oxygen atoms in total. The maximum Gasteiger partial charge on any atom is 0.490 e. The van der Waals surface area contributed by atoms with E-state index in [1.807, 2.05) is 0 Å². The molecule has 3 rings (SSSR count). The first-order valence-electron chi connectivity index (χ1n) is 10.6. The zero-order valence-electron chi connectivity index (χ0n) is 18.8. The number of alkyl halides is 3. The van der Waals surface area contributed by atoms with Crippen molar-refractivity contribution in [2.45, 2.75) is 12.7 Å². The van der Waals surface area contributed by atoms with Crippen LogP contribution >= 0.6 is 11.6 Å². The molecule has 1 amide bonds. The zero-order chi connectivity index (χ0) is 26.9. The molecule has 198 valence electrons. The van der Waals surface area contributed by atoms with Crippen molar-refractivity contribution in [2.24, 2.45) is 0 Å². The van der Waals surface area contributed by atoms with Gasteiger partial charge in [-0.15, -0.1) is 0 Å². The van der Waals surface area contributed by atoms with Crippen molar-refractivity contribution < 1.29 is 40.7 Å². The van der Waals surface area contributed by atoms with Gasteiger partial charge >= 0.3 is 12.1 Å². The van der Waals surface area contributed by atoms with Crippen molar-refractivity contribution in [3.05, 3.63) is 70.5 Å². The van der Waals surface area contributed by atoms with Crippen LogP contribution in [-0.2, 0) is 21.4 Å². The number of carbonyl (C=O) groups excluding carboxylic acids is 1. The molecule has 14 heteroatoms. The lowest BCUT2D eigenvalue weighted by atomic mass is 10.1. The lowest BCUT2D eigenvalue weighted by molar-refractivity contribution is -0.192. The summed E-state index contributed by atoms with van der Waals surface area (Å²) in [5, 5.41) is 10.7. The molecule has 0 bridgehead atoms. The van der Waals surface area contributed by atoms with E-state index in [2.05, 4.69) is 5.32 Å². The summed E-state index contributed by atoms with van der Waals surface area (Å²) in [6.45, 7) is 2.21. The van der Waals surface area contributed by atoms with Crippen LogP contribution in [0.2, 0.25) is 5.02 Å². The molecule has 1 fully saturated rings. The zero-order valence-corrected chi connectivity index (χ0v) is 20.4. The van der Waals surface area contributed by atoms with E-state index in [4.69, 9.17) is 21.5 Å². The van der Waals surface area contributed by atoms with Gasteiger partial charge in [-0.25, -0.2) is 17.6 Å². The van der Waals surface area contributed by atoms with Gasteiger partial charge in [0.15, 0.2) is 0 Å². The van der Waals surface area contributed by atoms with Crippen LogP contribution in [0.4, 0.5) is 17.6 Å². The first kappa shape index (κ1) is 29.5. The van der Waals surface area contributed by atoms with Crippen molar-refractivity contribution in [1.29, 1.82) is 0 Å². The molecule has 2 aromatic carbocycles. The second kappa shape index (κ2) is 13.0. The minimum Gasteiger partial charge on any atom is -0.475 e. The molecule has 36 heavy (non-hydrogen) atoms. The van der Waals surface area contributed by atoms with Gasteiger partial charge in [-0.2, -0.15) is 17.5 Å². The van der Waals surface area contributed by atoms with Crippen LogP contribution in [0, 0.1) is 5.82 Å². The summed E-state index contributed by atoms with van der Waals surface area (Å²) in [5.74, 6) is -3.77. The molecule has 0 radical (unpaired) electrons. The van der Waals surface area contributed by atoms with Crippen LogP contribution in [0.5, 0.6) is 0 Å². The lowest BCUT2D eigenvalue weighted by Crippen LogP contribution is -2.48. The number of carboxylic acid groups (broad SMARTS) is 1. The quantitative estimate of drug-likeness (QED) is 0.511. The highest BCUT2D eigenvalue weighted by molar-refractivity contribution is 7.89. The van der Waals surface area contributed by atoms with E-state index in [9.17, 15) is 30.8 Å². The van der Waals surface area contributed by atoms with Crippen molar-refractivity contribution >= 4 is 33.5 Å². The van der Waals surface area contributed by atoms with E-state index < -0.39 is 28.0 Å². The Morgan fingerprint density at radius 3 is 2.14 bits per heavy atom. The first-order chi connectivity index (χ1) is 16.8. The number of carbonyl (C=O) groups is 2. The van der Waals surface area contributed by atoms with Crippen molar-refractivity contribution in [3.8, 4) is 0 Å². The third-order valence-electron chi connectivity index (χ3n) is 5.03. The van der Waals surface area contributed by atoms with Gasteiger partial charge in [-0.05, 0) is 35.9 Å². The van der Waals surface area contributed by atoms with E-state index in [1.165, 1.54) is 33.5 Å². The average molecular weight is 554 g/mol. The van der Waals surface area contributed by atoms with E-state index in [1.54, 1.807) is 24.3 Å². The molecule has 0 aromatic heterocycles. The highest BCUT2D eigenvalue weighted by Crippen LogP contribution is 2.19. The number of hydrogen-bond donors (Lipinski definition) is 2. The van der Waals surface area contributed by atoms with Gasteiger partial charge in [0, 0.05) is 49.9 Å². The Bertz CT molecular complexity index is 1140. The third-order valence-corrected chi connectivity index (χ3v) is 7.25. The summed E-state index contributed by atoms with van der Waals surface area (Å²) in [6.07, 6.45) is -5.08. The number of hydrogen-bond acceptors (Lipinski definition) is 5. The molecule has 0 spiro atoms. The van der Waals surface area contributed by atoms with Crippen LogP contribution in [0.15, 0.2) is 48.5 Å². The summed E-state index contributed by atoms with van der Waals surface area (Å²) in [7, 11) is -3.50. The summed E-state index contributed by atoms with van der Waals surface area (Å²) in [5.41, 5.74) is 1.00. The molecule has 1 saturated heterocycles. The van der Waals surface area contributed by atoms with Crippen LogP contribution in [0.1, 0.15) is 15.9 Å². The molecule has 2 N–H and O–H groups in total. The van der Waals surface area contributed by atoms with Gasteiger partial charge in [0.05, 0.1) is 5.75 Å². The predicted molar refractivity (Wildman–Crippen MR) is 125 cm³/mol. The Balaban J connectivity index is 0.000000572. The van der Waals surface area contributed by atoms with Gasteiger partial charge in [0.2, 0.25) is 10.0 Å². The summed E-state index contributed by atoms with van der Waals surface area (Å²) in [6, 6.07) is 12.3. The van der Waals surface area contributed by atoms with E-state index in [-0.39, 0.29) is 30.3 Å². The minimum atomic E-state index is -5.08. The normalized spacial score (nSPS) is 14.5. The van der Waals surface area contributed by atoms with Crippen LogP contribution in [0.3, 0.4) is 0 Å². The summed E-state index contributed by atoms with van der Waals surface area (Å²) in [4.78, 5) is 23.3. The molecule has 1 aliphatic rings. The monoisotopic (exact) mass is 553 g/mol. The van der Waals surface area contributed by atoms with E-state index >= 15 is 0 Å². The molecule has 0 unspecified atom stereocenters. The van der Waals surface area contributed by atoms with Crippen molar-refractivity contribution in [1.82, 2.24) is 14.5 Å². The Morgan fingerprint density at radius 2 is 1.61 bits per heavy atom. The highest BCUT2D eigenvalue weighted by Gasteiger charge is 2.38. The van der Waals surface area contributed by atoms with Crippen molar-refractivity contribution in [3.63, 3.8) is 0 Å². The second-order valence-corrected chi connectivity index (χ2v) is 10.1. The summed E-state index contributed by atoms with van der Waals surface area (Å²) >= 11 is 6.23. The van der Waals surface area contributed by atoms with E-state index in [0.717, 1.165) is 0 Å². The number of rotatable bonds is 7. The van der Waals surface area contributed by atoms with Crippen LogP contribution < -0.4 is 5.32 Å². The van der Waals surface area contributed by atoms with Crippen LogP contribution in [0.25, 0.3) is 0 Å². The third kappa shape index (κ3) is 9.04. The smallest absolute Gasteiger partial charge is 0.475 e. The standard InChI is InChI=1S/C20H23ClFN3O3S.C2HF3O2/c21-19-4-2-1-3-17(19)15-24(20(26)16-5-7-18(22)8-6-16)13-14-29(27,28)25-11-9-23-10-12-25;3-2(4,5)1(6)7/h1-8,23H,9-15H2;(H,6,7). The Kier molecular flexibility index (Phi) is 10.6.